The Morgan fingerprint density at radius 2 is 2.20 bits per heavy atom. The van der Waals surface area contributed by atoms with Gasteiger partial charge in [0, 0.05) is 38.3 Å². The van der Waals surface area contributed by atoms with E-state index >= 15 is 0 Å². The average Bonchev–Trinajstić information content (AvgIpc) is 2.23. The fraction of sp³-hybridized carbons (Fsp3) is 1.00. The van der Waals surface area contributed by atoms with Crippen LogP contribution in [0.25, 0.3) is 0 Å². The molecule has 2 atom stereocenters. The van der Waals surface area contributed by atoms with Gasteiger partial charge in [0.25, 0.3) is 0 Å². The zero-order valence-electron chi connectivity index (χ0n) is 10.2. The van der Waals surface area contributed by atoms with Crippen molar-refractivity contribution >= 4 is 0 Å². The second kappa shape index (κ2) is 6.43. The number of aliphatic hydroxyl groups excluding tert-OH is 1. The van der Waals surface area contributed by atoms with Crippen molar-refractivity contribution in [2.75, 3.05) is 46.4 Å². The lowest BCUT2D eigenvalue weighted by molar-refractivity contribution is 0.0879. The SMILES string of the molecule is CCNC(CO)CN1CCN(C)C(C)C1. The molecule has 0 saturated carbocycles. The number of nitrogens with one attached hydrogen (secondary N) is 1. The molecule has 0 spiro atoms. The van der Waals surface area contributed by atoms with Gasteiger partial charge in [-0.1, -0.05) is 6.92 Å². The summed E-state index contributed by atoms with van der Waals surface area (Å²) in [6, 6.07) is 0.852. The van der Waals surface area contributed by atoms with E-state index in [0.717, 1.165) is 32.7 Å². The highest BCUT2D eigenvalue weighted by atomic mass is 16.3. The lowest BCUT2D eigenvalue weighted by Gasteiger charge is -2.39. The molecule has 15 heavy (non-hydrogen) atoms. The van der Waals surface area contributed by atoms with Gasteiger partial charge in [-0.3, -0.25) is 4.90 Å². The summed E-state index contributed by atoms with van der Waals surface area (Å²) in [7, 11) is 2.18. The summed E-state index contributed by atoms with van der Waals surface area (Å²) in [5.41, 5.74) is 0. The second-order valence-corrected chi connectivity index (χ2v) is 4.53. The van der Waals surface area contributed by atoms with Crippen LogP contribution in [-0.4, -0.2) is 73.4 Å². The molecule has 4 nitrogen and oxygen atoms in total. The minimum absolute atomic E-state index is 0.227. The molecule has 1 rings (SSSR count). The first-order chi connectivity index (χ1) is 7.17. The molecule has 0 aromatic carbocycles. The topological polar surface area (TPSA) is 38.7 Å². The van der Waals surface area contributed by atoms with Crippen molar-refractivity contribution in [2.24, 2.45) is 0 Å². The molecular formula is C11H25N3O. The predicted octanol–water partition coefficient (Wildman–Crippen LogP) is -0.407. The molecule has 0 bridgehead atoms. The number of likely N-dealkylation sites (N-methyl/N-ethyl adjacent to an activating group) is 2. The van der Waals surface area contributed by atoms with Crippen LogP contribution in [0.3, 0.4) is 0 Å². The Morgan fingerprint density at radius 1 is 1.47 bits per heavy atom. The van der Waals surface area contributed by atoms with Crippen LogP contribution in [0.1, 0.15) is 13.8 Å². The van der Waals surface area contributed by atoms with Gasteiger partial charge in [-0.25, -0.2) is 0 Å². The Kier molecular flexibility index (Phi) is 5.53. The third-order valence-electron chi connectivity index (χ3n) is 3.24. The standard InChI is InChI=1S/C11H25N3O/c1-4-12-11(9-15)8-14-6-5-13(3)10(2)7-14/h10-12,15H,4-9H2,1-3H3. The first-order valence-electron chi connectivity index (χ1n) is 5.94. The predicted molar refractivity (Wildman–Crippen MR) is 63.1 cm³/mol. The monoisotopic (exact) mass is 215 g/mol. The van der Waals surface area contributed by atoms with Gasteiger partial charge < -0.3 is 15.3 Å². The molecule has 0 aromatic heterocycles. The summed E-state index contributed by atoms with van der Waals surface area (Å²) in [5, 5.41) is 12.5. The van der Waals surface area contributed by atoms with Gasteiger partial charge in [-0.15, -0.1) is 0 Å². The quantitative estimate of drug-likeness (QED) is 0.654. The van der Waals surface area contributed by atoms with E-state index in [4.69, 9.17) is 0 Å². The fourth-order valence-corrected chi connectivity index (χ4v) is 2.08. The molecule has 0 amide bonds. The van der Waals surface area contributed by atoms with Crippen LogP contribution in [0.15, 0.2) is 0 Å². The number of nitrogens with zero attached hydrogens (tertiary/aromatic N) is 2. The molecule has 1 saturated heterocycles. The maximum absolute atomic E-state index is 9.21. The van der Waals surface area contributed by atoms with E-state index in [1.54, 1.807) is 0 Å². The van der Waals surface area contributed by atoms with Gasteiger partial charge in [0.05, 0.1) is 6.61 Å². The molecule has 0 radical (unpaired) electrons. The molecule has 0 aliphatic carbocycles. The Morgan fingerprint density at radius 3 is 2.73 bits per heavy atom. The molecule has 4 heteroatoms. The molecule has 90 valence electrons. The molecule has 1 aliphatic heterocycles. The van der Waals surface area contributed by atoms with Crippen LogP contribution in [-0.2, 0) is 0 Å². The summed E-state index contributed by atoms with van der Waals surface area (Å²) in [5.74, 6) is 0. The van der Waals surface area contributed by atoms with Crippen LogP contribution in [0.2, 0.25) is 0 Å². The third-order valence-corrected chi connectivity index (χ3v) is 3.24. The largest absolute Gasteiger partial charge is 0.395 e. The summed E-state index contributed by atoms with van der Waals surface area (Å²) in [6.45, 7) is 9.81. The van der Waals surface area contributed by atoms with Crippen LogP contribution in [0.4, 0.5) is 0 Å². The molecule has 2 unspecified atom stereocenters. The van der Waals surface area contributed by atoms with Crippen LogP contribution >= 0.6 is 0 Å². The average molecular weight is 215 g/mol. The zero-order chi connectivity index (χ0) is 11.3. The van der Waals surface area contributed by atoms with E-state index in [-0.39, 0.29) is 12.6 Å². The fourth-order valence-electron chi connectivity index (χ4n) is 2.08. The van der Waals surface area contributed by atoms with Crippen molar-refractivity contribution in [3.8, 4) is 0 Å². The van der Waals surface area contributed by atoms with E-state index in [2.05, 4.69) is 36.0 Å². The summed E-state index contributed by atoms with van der Waals surface area (Å²) >= 11 is 0. The highest BCUT2D eigenvalue weighted by molar-refractivity contribution is 4.80. The molecular weight excluding hydrogens is 190 g/mol. The van der Waals surface area contributed by atoms with Crippen LogP contribution in [0.5, 0.6) is 0 Å². The highest BCUT2D eigenvalue weighted by Gasteiger charge is 2.22. The normalized spacial score (nSPS) is 26.8. The smallest absolute Gasteiger partial charge is 0.0597 e. The minimum Gasteiger partial charge on any atom is -0.395 e. The van der Waals surface area contributed by atoms with Crippen molar-refractivity contribution in [1.82, 2.24) is 15.1 Å². The Hall–Kier alpha value is -0.160. The van der Waals surface area contributed by atoms with Gasteiger partial charge in [0.2, 0.25) is 0 Å². The van der Waals surface area contributed by atoms with Crippen LogP contribution in [0, 0.1) is 0 Å². The molecule has 1 fully saturated rings. The summed E-state index contributed by atoms with van der Waals surface area (Å²) in [4.78, 5) is 4.83. The molecule has 2 N–H and O–H groups in total. The van der Waals surface area contributed by atoms with Crippen molar-refractivity contribution in [3.63, 3.8) is 0 Å². The van der Waals surface area contributed by atoms with Crippen molar-refractivity contribution in [2.45, 2.75) is 25.9 Å². The maximum Gasteiger partial charge on any atom is 0.0597 e. The number of rotatable bonds is 5. The molecule has 0 aromatic rings. The van der Waals surface area contributed by atoms with E-state index in [0.29, 0.717) is 6.04 Å². The van der Waals surface area contributed by atoms with Gasteiger partial charge in [0.15, 0.2) is 0 Å². The second-order valence-electron chi connectivity index (χ2n) is 4.53. The van der Waals surface area contributed by atoms with E-state index in [1.807, 2.05) is 0 Å². The number of hydrogen-bond donors (Lipinski definition) is 2. The first-order valence-corrected chi connectivity index (χ1v) is 5.94. The summed E-state index contributed by atoms with van der Waals surface area (Å²) < 4.78 is 0. The van der Waals surface area contributed by atoms with E-state index < -0.39 is 0 Å². The minimum atomic E-state index is 0.227. The summed E-state index contributed by atoms with van der Waals surface area (Å²) in [6.07, 6.45) is 0. The number of piperazine rings is 1. The van der Waals surface area contributed by atoms with E-state index in [9.17, 15) is 5.11 Å². The van der Waals surface area contributed by atoms with Crippen molar-refractivity contribution in [1.29, 1.82) is 0 Å². The molecule has 1 heterocycles. The zero-order valence-corrected chi connectivity index (χ0v) is 10.2. The van der Waals surface area contributed by atoms with Gasteiger partial charge in [-0.2, -0.15) is 0 Å². The lowest BCUT2D eigenvalue weighted by atomic mass is 10.2. The Bertz CT molecular complexity index is 177. The number of aliphatic hydroxyl groups is 1. The Balaban J connectivity index is 2.31. The van der Waals surface area contributed by atoms with Crippen molar-refractivity contribution in [3.05, 3.63) is 0 Å². The van der Waals surface area contributed by atoms with Gasteiger partial charge in [0.1, 0.15) is 0 Å². The maximum atomic E-state index is 9.21. The third kappa shape index (κ3) is 4.07. The lowest BCUT2D eigenvalue weighted by Crippen LogP contribution is -2.54. The van der Waals surface area contributed by atoms with Gasteiger partial charge in [-0.05, 0) is 20.5 Å². The first kappa shape index (κ1) is 12.9. The highest BCUT2D eigenvalue weighted by Crippen LogP contribution is 2.07. The number of hydrogen-bond acceptors (Lipinski definition) is 4. The van der Waals surface area contributed by atoms with Crippen LogP contribution < -0.4 is 5.32 Å². The van der Waals surface area contributed by atoms with Crippen molar-refractivity contribution < 1.29 is 5.11 Å². The Labute approximate surface area is 93.2 Å². The van der Waals surface area contributed by atoms with Gasteiger partial charge >= 0.3 is 0 Å². The molecule has 1 aliphatic rings. The van der Waals surface area contributed by atoms with E-state index in [1.165, 1.54) is 0 Å².